The lowest BCUT2D eigenvalue weighted by molar-refractivity contribution is 0.100. The maximum Gasteiger partial charge on any atom is 0.257 e. The van der Waals surface area contributed by atoms with Crippen LogP contribution < -0.4 is 10.6 Å². The van der Waals surface area contributed by atoms with Crippen LogP contribution in [0, 0.1) is 11.3 Å². The molecule has 0 aliphatic carbocycles. The molecule has 29 heavy (non-hydrogen) atoms. The Bertz CT molecular complexity index is 1130. The minimum Gasteiger partial charge on any atom is -0.322 e. The van der Waals surface area contributed by atoms with E-state index in [-0.39, 0.29) is 16.9 Å². The molecule has 0 aliphatic heterocycles. The van der Waals surface area contributed by atoms with Gasteiger partial charge in [-0.25, -0.2) is 0 Å². The van der Waals surface area contributed by atoms with Crippen molar-refractivity contribution < 1.29 is 14.4 Å². The van der Waals surface area contributed by atoms with Crippen molar-refractivity contribution in [2.75, 3.05) is 10.6 Å². The minimum absolute atomic E-state index is 0.107. The standard InChI is InChI=1S/C22H16N4O3/c1-14(27)16-3-2-4-20(10-16)26-22(29)18-9-17(12-24-13-18)21(28)25-19-7-5-15(11-23)6-8-19/h2-10,12-13H,1H3,(H,25,28)(H,26,29). The number of hydrogen-bond donors (Lipinski definition) is 2. The zero-order valence-corrected chi connectivity index (χ0v) is 15.5. The van der Waals surface area contributed by atoms with Crippen molar-refractivity contribution in [2.45, 2.75) is 6.92 Å². The lowest BCUT2D eigenvalue weighted by Gasteiger charge is -2.08. The van der Waals surface area contributed by atoms with E-state index in [2.05, 4.69) is 15.6 Å². The van der Waals surface area contributed by atoms with Crippen molar-refractivity contribution >= 4 is 29.0 Å². The highest BCUT2D eigenvalue weighted by Gasteiger charge is 2.13. The first-order valence-corrected chi connectivity index (χ1v) is 8.65. The fourth-order valence-electron chi connectivity index (χ4n) is 2.54. The highest BCUT2D eigenvalue weighted by atomic mass is 16.2. The van der Waals surface area contributed by atoms with Crippen LogP contribution in [0.5, 0.6) is 0 Å². The lowest BCUT2D eigenvalue weighted by Crippen LogP contribution is -2.16. The van der Waals surface area contributed by atoms with E-state index in [1.165, 1.54) is 25.4 Å². The zero-order valence-electron chi connectivity index (χ0n) is 15.5. The minimum atomic E-state index is -0.453. The number of Topliss-reactive ketones (excluding diaryl/α,β-unsaturated/α-hetero) is 1. The summed E-state index contributed by atoms with van der Waals surface area (Å²) in [5.74, 6) is -0.995. The van der Waals surface area contributed by atoms with E-state index in [1.807, 2.05) is 6.07 Å². The fraction of sp³-hybridized carbons (Fsp3) is 0.0455. The molecular formula is C22H16N4O3. The molecule has 0 atom stereocenters. The molecule has 1 heterocycles. The zero-order chi connectivity index (χ0) is 20.8. The van der Waals surface area contributed by atoms with Crippen molar-refractivity contribution in [2.24, 2.45) is 0 Å². The molecule has 0 saturated carbocycles. The van der Waals surface area contributed by atoms with Crippen LogP contribution in [-0.4, -0.2) is 22.6 Å². The Morgan fingerprint density at radius 1 is 0.828 bits per heavy atom. The van der Waals surface area contributed by atoms with Gasteiger partial charge in [-0.2, -0.15) is 5.26 Å². The number of anilines is 2. The van der Waals surface area contributed by atoms with Gasteiger partial charge in [0.2, 0.25) is 0 Å². The van der Waals surface area contributed by atoms with E-state index in [9.17, 15) is 14.4 Å². The quantitative estimate of drug-likeness (QED) is 0.652. The van der Waals surface area contributed by atoms with E-state index in [0.717, 1.165) is 0 Å². The van der Waals surface area contributed by atoms with Gasteiger partial charge in [-0.3, -0.25) is 19.4 Å². The Labute approximate surface area is 167 Å². The van der Waals surface area contributed by atoms with Crippen molar-refractivity contribution in [3.8, 4) is 6.07 Å². The van der Waals surface area contributed by atoms with Crippen LogP contribution in [0.25, 0.3) is 0 Å². The van der Waals surface area contributed by atoms with Gasteiger partial charge in [-0.1, -0.05) is 12.1 Å². The Morgan fingerprint density at radius 2 is 1.45 bits per heavy atom. The van der Waals surface area contributed by atoms with Gasteiger partial charge in [0.1, 0.15) is 0 Å². The number of nitrogens with one attached hydrogen (secondary N) is 2. The summed E-state index contributed by atoms with van der Waals surface area (Å²) in [7, 11) is 0. The highest BCUT2D eigenvalue weighted by Crippen LogP contribution is 2.14. The number of ketones is 1. The SMILES string of the molecule is CC(=O)c1cccc(NC(=O)c2cncc(C(=O)Nc3ccc(C#N)cc3)c2)c1. The Morgan fingerprint density at radius 3 is 2.03 bits per heavy atom. The second-order valence-electron chi connectivity index (χ2n) is 6.20. The van der Waals surface area contributed by atoms with Crippen LogP contribution in [0.4, 0.5) is 11.4 Å². The summed E-state index contributed by atoms with van der Waals surface area (Å²) in [6.45, 7) is 1.45. The molecule has 0 fully saturated rings. The van der Waals surface area contributed by atoms with E-state index in [4.69, 9.17) is 5.26 Å². The van der Waals surface area contributed by atoms with E-state index in [0.29, 0.717) is 22.5 Å². The number of rotatable bonds is 5. The van der Waals surface area contributed by atoms with Gasteiger partial charge in [0, 0.05) is 29.3 Å². The van der Waals surface area contributed by atoms with Crippen LogP contribution in [0.2, 0.25) is 0 Å². The van der Waals surface area contributed by atoms with Gasteiger partial charge in [0.05, 0.1) is 22.8 Å². The molecule has 3 aromatic rings. The first kappa shape index (κ1) is 19.5. The highest BCUT2D eigenvalue weighted by molar-refractivity contribution is 6.08. The third-order valence-electron chi connectivity index (χ3n) is 4.06. The Kier molecular flexibility index (Phi) is 5.76. The molecule has 2 amide bonds. The molecule has 0 bridgehead atoms. The molecule has 2 N–H and O–H groups in total. The summed E-state index contributed by atoms with van der Waals surface area (Å²) in [6, 6.07) is 16.4. The third-order valence-corrected chi connectivity index (χ3v) is 4.06. The molecule has 2 aromatic carbocycles. The maximum absolute atomic E-state index is 12.5. The monoisotopic (exact) mass is 384 g/mol. The smallest absolute Gasteiger partial charge is 0.257 e. The van der Waals surface area contributed by atoms with Crippen molar-refractivity contribution in [3.63, 3.8) is 0 Å². The number of pyridine rings is 1. The van der Waals surface area contributed by atoms with Crippen molar-refractivity contribution in [3.05, 3.63) is 89.2 Å². The van der Waals surface area contributed by atoms with E-state index in [1.54, 1.807) is 48.5 Å². The average Bonchev–Trinajstić information content (AvgIpc) is 2.74. The molecule has 3 rings (SSSR count). The van der Waals surface area contributed by atoms with Gasteiger partial charge >= 0.3 is 0 Å². The summed E-state index contributed by atoms with van der Waals surface area (Å²) in [6.07, 6.45) is 2.70. The van der Waals surface area contributed by atoms with Crippen LogP contribution in [0.3, 0.4) is 0 Å². The first-order chi connectivity index (χ1) is 14.0. The first-order valence-electron chi connectivity index (χ1n) is 8.65. The summed E-state index contributed by atoms with van der Waals surface area (Å²) < 4.78 is 0. The molecule has 7 nitrogen and oxygen atoms in total. The summed E-state index contributed by atoms with van der Waals surface area (Å²) in [5.41, 5.74) is 2.36. The third kappa shape index (κ3) is 4.90. The molecule has 0 unspecified atom stereocenters. The van der Waals surface area contributed by atoms with Crippen LogP contribution in [0.1, 0.15) is 43.6 Å². The molecule has 0 spiro atoms. The lowest BCUT2D eigenvalue weighted by atomic mass is 10.1. The van der Waals surface area contributed by atoms with Crippen LogP contribution in [0.15, 0.2) is 67.0 Å². The number of carbonyl (C=O) groups is 3. The normalized spacial score (nSPS) is 9.93. The summed E-state index contributed by atoms with van der Waals surface area (Å²) in [4.78, 5) is 40.4. The fourth-order valence-corrected chi connectivity index (χ4v) is 2.54. The Balaban J connectivity index is 1.73. The number of nitrogens with zero attached hydrogens (tertiary/aromatic N) is 2. The largest absolute Gasteiger partial charge is 0.322 e. The number of benzene rings is 2. The van der Waals surface area contributed by atoms with Gasteiger partial charge in [-0.05, 0) is 49.4 Å². The number of hydrogen-bond acceptors (Lipinski definition) is 5. The van der Waals surface area contributed by atoms with Crippen LogP contribution in [-0.2, 0) is 0 Å². The predicted octanol–water partition coefficient (Wildman–Crippen LogP) is 3.66. The molecule has 0 saturated heterocycles. The van der Waals surface area contributed by atoms with Gasteiger partial charge in [-0.15, -0.1) is 0 Å². The van der Waals surface area contributed by atoms with E-state index < -0.39 is 11.8 Å². The van der Waals surface area contributed by atoms with Gasteiger partial charge in [0.25, 0.3) is 11.8 Å². The molecular weight excluding hydrogens is 368 g/mol. The topological polar surface area (TPSA) is 112 Å². The number of nitriles is 1. The molecule has 0 aliphatic rings. The van der Waals surface area contributed by atoms with Crippen molar-refractivity contribution in [1.82, 2.24) is 4.98 Å². The predicted molar refractivity (Wildman–Crippen MR) is 108 cm³/mol. The molecule has 0 radical (unpaired) electrons. The number of aromatic nitrogens is 1. The Hall–Kier alpha value is -4.31. The second kappa shape index (κ2) is 8.59. The summed E-state index contributed by atoms with van der Waals surface area (Å²) >= 11 is 0. The van der Waals surface area contributed by atoms with Gasteiger partial charge in [0.15, 0.2) is 5.78 Å². The molecule has 142 valence electrons. The summed E-state index contributed by atoms with van der Waals surface area (Å²) in [5, 5.41) is 14.2. The van der Waals surface area contributed by atoms with Gasteiger partial charge < -0.3 is 10.6 Å². The molecule has 7 heteroatoms. The average molecular weight is 384 g/mol. The maximum atomic E-state index is 12.5. The van der Waals surface area contributed by atoms with Crippen molar-refractivity contribution in [1.29, 1.82) is 5.26 Å². The second-order valence-corrected chi connectivity index (χ2v) is 6.20. The number of amides is 2. The molecule has 1 aromatic heterocycles. The van der Waals surface area contributed by atoms with E-state index >= 15 is 0 Å². The van der Waals surface area contributed by atoms with Crippen LogP contribution >= 0.6 is 0 Å². The number of carbonyl (C=O) groups excluding carboxylic acids is 3.